The maximum absolute atomic E-state index is 11.9. The predicted octanol–water partition coefficient (Wildman–Crippen LogP) is 0.522. The van der Waals surface area contributed by atoms with Gasteiger partial charge in [-0.15, -0.1) is 0 Å². The van der Waals surface area contributed by atoms with E-state index in [-0.39, 0.29) is 38.0 Å². The van der Waals surface area contributed by atoms with E-state index in [1.54, 1.807) is 24.3 Å². The van der Waals surface area contributed by atoms with Gasteiger partial charge in [-0.3, -0.25) is 19.2 Å². The van der Waals surface area contributed by atoms with Gasteiger partial charge in [-0.2, -0.15) is 5.10 Å². The van der Waals surface area contributed by atoms with Gasteiger partial charge in [0.15, 0.2) is 0 Å². The van der Waals surface area contributed by atoms with Crippen LogP contribution in [-0.4, -0.2) is 46.2 Å². The number of anilines is 1. The minimum atomic E-state index is -1.15. The van der Waals surface area contributed by atoms with Crippen molar-refractivity contribution in [3.63, 3.8) is 0 Å². The summed E-state index contributed by atoms with van der Waals surface area (Å²) in [5.74, 6) is 1.91. The van der Waals surface area contributed by atoms with Crippen LogP contribution in [0.2, 0.25) is 0 Å². The van der Waals surface area contributed by atoms with Crippen LogP contribution >= 0.6 is 0 Å². The van der Waals surface area contributed by atoms with E-state index in [1.165, 1.54) is 6.21 Å². The fraction of sp³-hybridized carbons (Fsp3) is 0.353. The minimum absolute atomic E-state index is 0.00196. The van der Waals surface area contributed by atoms with Crippen molar-refractivity contribution in [1.82, 2.24) is 5.32 Å². The van der Waals surface area contributed by atoms with Crippen molar-refractivity contribution in [2.75, 3.05) is 5.32 Å². The monoisotopic (exact) mass is 378 g/mol. The Morgan fingerprint density at radius 1 is 1.00 bits per heavy atom. The van der Waals surface area contributed by atoms with Gasteiger partial charge in [0.1, 0.15) is 0 Å². The number of nitrogens with two attached hydrogens (primary N) is 1. The van der Waals surface area contributed by atoms with Gasteiger partial charge in [-0.25, -0.2) is 0 Å². The Morgan fingerprint density at radius 3 is 2.19 bits per heavy atom. The third-order valence-corrected chi connectivity index (χ3v) is 3.49. The molecular weight excluding hydrogens is 356 g/mol. The highest BCUT2D eigenvalue weighted by molar-refractivity contribution is 5.93. The smallest absolute Gasteiger partial charge is 0.305 e. The number of hydrogen-bond acceptors (Lipinski definition) is 6. The number of hydrogen-bond donors (Lipinski definition) is 5. The van der Waals surface area contributed by atoms with E-state index in [2.05, 4.69) is 15.7 Å². The highest BCUT2D eigenvalue weighted by Crippen LogP contribution is 2.09. The van der Waals surface area contributed by atoms with E-state index in [4.69, 9.17) is 16.1 Å². The second-order valence-electron chi connectivity index (χ2n) is 5.74. The Kier molecular flexibility index (Phi) is 8.99. The largest absolute Gasteiger partial charge is 0.481 e. The minimum Gasteiger partial charge on any atom is -0.481 e. The van der Waals surface area contributed by atoms with E-state index < -0.39 is 23.9 Å². The lowest BCUT2D eigenvalue weighted by atomic mass is 10.1. The van der Waals surface area contributed by atoms with Gasteiger partial charge in [0.2, 0.25) is 11.8 Å². The van der Waals surface area contributed by atoms with Crippen LogP contribution in [0.3, 0.4) is 0 Å². The lowest BCUT2D eigenvalue weighted by Gasteiger charge is -2.16. The molecule has 0 saturated carbocycles. The fourth-order valence-electron chi connectivity index (χ4n) is 2.22. The van der Waals surface area contributed by atoms with E-state index in [0.29, 0.717) is 5.69 Å². The third kappa shape index (κ3) is 9.58. The first-order valence-electron chi connectivity index (χ1n) is 8.16. The highest BCUT2D eigenvalue weighted by atomic mass is 16.4. The molecule has 27 heavy (non-hydrogen) atoms. The number of carboxylic acids is 2. The summed E-state index contributed by atoms with van der Waals surface area (Å²) >= 11 is 0. The number of hydrazone groups is 1. The zero-order valence-electron chi connectivity index (χ0n) is 14.6. The molecule has 1 aromatic carbocycles. The molecule has 0 heterocycles. The number of nitrogens with zero attached hydrogens (tertiary/aromatic N) is 1. The van der Waals surface area contributed by atoms with E-state index >= 15 is 0 Å². The molecule has 10 nitrogen and oxygen atoms in total. The van der Waals surface area contributed by atoms with Gasteiger partial charge in [0.05, 0.1) is 12.6 Å². The molecule has 0 bridgehead atoms. The zero-order chi connectivity index (χ0) is 20.2. The first-order chi connectivity index (χ1) is 12.8. The molecule has 0 saturated heterocycles. The maximum Gasteiger partial charge on any atom is 0.305 e. The van der Waals surface area contributed by atoms with E-state index in [1.807, 2.05) is 0 Å². The van der Waals surface area contributed by atoms with Gasteiger partial charge in [-0.05, 0) is 24.1 Å². The molecule has 0 fully saturated rings. The molecule has 146 valence electrons. The topological polar surface area (TPSA) is 171 Å². The average molecular weight is 378 g/mol. The normalized spacial score (nSPS) is 11.7. The summed E-state index contributed by atoms with van der Waals surface area (Å²) in [6.45, 7) is 0. The Hall–Kier alpha value is -3.43. The number of nitrogens with one attached hydrogen (secondary N) is 2. The van der Waals surface area contributed by atoms with Crippen molar-refractivity contribution in [2.45, 2.75) is 38.1 Å². The molecule has 1 rings (SSSR count). The van der Waals surface area contributed by atoms with E-state index in [0.717, 1.165) is 5.56 Å². The van der Waals surface area contributed by atoms with Crippen LogP contribution in [0, 0.1) is 0 Å². The first-order valence-corrected chi connectivity index (χ1v) is 8.16. The molecule has 0 radical (unpaired) electrons. The van der Waals surface area contributed by atoms with E-state index in [9.17, 15) is 19.2 Å². The first kappa shape index (κ1) is 21.6. The lowest BCUT2D eigenvalue weighted by molar-refractivity contribution is -0.140. The summed E-state index contributed by atoms with van der Waals surface area (Å²) in [6, 6.07) is 5.92. The molecule has 0 aromatic heterocycles. The van der Waals surface area contributed by atoms with Crippen molar-refractivity contribution >= 4 is 35.7 Å². The van der Waals surface area contributed by atoms with Crippen LogP contribution in [0.5, 0.6) is 0 Å². The van der Waals surface area contributed by atoms with Crippen molar-refractivity contribution in [3.05, 3.63) is 29.8 Å². The number of carboxylic acid groups (broad SMARTS) is 2. The second-order valence-corrected chi connectivity index (χ2v) is 5.74. The number of carbonyl (C=O) groups is 4. The van der Waals surface area contributed by atoms with Gasteiger partial charge >= 0.3 is 11.9 Å². The zero-order valence-corrected chi connectivity index (χ0v) is 14.6. The van der Waals surface area contributed by atoms with Gasteiger partial charge in [-0.1, -0.05) is 12.1 Å². The summed E-state index contributed by atoms with van der Waals surface area (Å²) in [4.78, 5) is 45.2. The summed E-state index contributed by atoms with van der Waals surface area (Å²) in [5, 5.41) is 26.0. The molecule has 1 unspecified atom stereocenters. The Morgan fingerprint density at radius 2 is 1.63 bits per heavy atom. The Bertz CT molecular complexity index is 702. The number of carbonyl (C=O) groups excluding carboxylic acids is 2. The molecule has 6 N–H and O–H groups in total. The van der Waals surface area contributed by atoms with Crippen LogP contribution < -0.4 is 16.5 Å². The van der Waals surface area contributed by atoms with Crippen molar-refractivity contribution in [3.8, 4) is 0 Å². The van der Waals surface area contributed by atoms with Crippen LogP contribution in [-0.2, 0) is 19.2 Å². The quantitative estimate of drug-likeness (QED) is 0.212. The van der Waals surface area contributed by atoms with Crippen LogP contribution in [0.15, 0.2) is 29.4 Å². The lowest BCUT2D eigenvalue weighted by Crippen LogP contribution is -2.37. The van der Waals surface area contributed by atoms with Gasteiger partial charge in [0.25, 0.3) is 0 Å². The molecule has 1 atom stereocenters. The van der Waals surface area contributed by atoms with Crippen molar-refractivity contribution < 1.29 is 29.4 Å². The predicted molar refractivity (Wildman–Crippen MR) is 97.1 cm³/mol. The second kappa shape index (κ2) is 11.2. The van der Waals surface area contributed by atoms with Crippen molar-refractivity contribution in [2.24, 2.45) is 10.9 Å². The maximum atomic E-state index is 11.9. The number of aliphatic carboxylic acids is 2. The summed E-state index contributed by atoms with van der Waals surface area (Å²) in [7, 11) is 0. The van der Waals surface area contributed by atoms with Crippen LogP contribution in [0.25, 0.3) is 0 Å². The number of amides is 2. The molecule has 0 aliphatic heterocycles. The molecule has 1 aromatic rings. The summed E-state index contributed by atoms with van der Waals surface area (Å²) in [5.41, 5.74) is 1.31. The average Bonchev–Trinajstić information content (AvgIpc) is 2.59. The summed E-state index contributed by atoms with van der Waals surface area (Å²) in [6.07, 6.45) is 0.558. The summed E-state index contributed by atoms with van der Waals surface area (Å²) < 4.78 is 0. The van der Waals surface area contributed by atoms with Crippen molar-refractivity contribution in [1.29, 1.82) is 0 Å². The molecule has 0 aliphatic rings. The fourth-order valence-corrected chi connectivity index (χ4v) is 2.22. The highest BCUT2D eigenvalue weighted by Gasteiger charge is 2.18. The van der Waals surface area contributed by atoms with Crippen LogP contribution in [0.1, 0.15) is 37.7 Å². The molecule has 10 heteroatoms. The Balaban J connectivity index is 2.45. The number of benzene rings is 1. The molecular formula is C17H22N4O6. The number of rotatable bonds is 11. The third-order valence-electron chi connectivity index (χ3n) is 3.49. The molecule has 2 amide bonds. The Labute approximate surface area is 155 Å². The molecule has 0 spiro atoms. The molecule has 0 aliphatic carbocycles. The van der Waals surface area contributed by atoms with Gasteiger partial charge < -0.3 is 26.7 Å². The standard InChI is InChI=1S/C17H22N4O6/c18-19-10-11-1-3-12(4-2-11)20-14(22)6-7-15(23)21-13(9-17(26)27)5-8-16(24)25/h1-4,10,13H,5-9,18H2,(H,20,22)(H,21,23)(H,24,25)(H,26,27). The SMILES string of the molecule is NN=Cc1ccc(NC(=O)CCC(=O)NC(CCC(=O)O)CC(=O)O)cc1. The van der Waals surface area contributed by atoms with Crippen LogP contribution in [0.4, 0.5) is 5.69 Å². The van der Waals surface area contributed by atoms with Gasteiger partial charge in [0, 0.05) is 31.0 Å².